The zero-order chi connectivity index (χ0) is 12.6. The summed E-state index contributed by atoms with van der Waals surface area (Å²) in [6, 6.07) is 0. The van der Waals surface area contributed by atoms with E-state index in [1.165, 1.54) is 6.42 Å². The van der Waals surface area contributed by atoms with E-state index in [1.54, 1.807) is 16.7 Å². The standard InChI is InChI=1S/C8H13BrN2O2.C3H8/c1-7(12)10-2-4-11(5-3-10)8(13)6-9;1-3-2/h2-6H2,1H3;3H2,1-2H3. The van der Waals surface area contributed by atoms with Gasteiger partial charge in [0.25, 0.3) is 0 Å². The molecule has 0 atom stereocenters. The van der Waals surface area contributed by atoms with Crippen molar-refractivity contribution in [1.29, 1.82) is 0 Å². The van der Waals surface area contributed by atoms with Crippen molar-refractivity contribution in [1.82, 2.24) is 9.80 Å². The molecule has 0 aromatic heterocycles. The number of amides is 2. The molecule has 1 heterocycles. The van der Waals surface area contributed by atoms with Crippen LogP contribution in [-0.4, -0.2) is 53.1 Å². The fraction of sp³-hybridized carbons (Fsp3) is 0.818. The fourth-order valence-corrected chi connectivity index (χ4v) is 1.71. The van der Waals surface area contributed by atoms with Gasteiger partial charge in [0.05, 0.1) is 5.33 Å². The highest BCUT2D eigenvalue weighted by Gasteiger charge is 2.20. The molecule has 5 heteroatoms. The highest BCUT2D eigenvalue weighted by Crippen LogP contribution is 2.03. The summed E-state index contributed by atoms with van der Waals surface area (Å²) >= 11 is 3.12. The van der Waals surface area contributed by atoms with Gasteiger partial charge in [-0.25, -0.2) is 0 Å². The second kappa shape index (κ2) is 8.56. The van der Waals surface area contributed by atoms with Crippen molar-refractivity contribution in [3.63, 3.8) is 0 Å². The Hall–Kier alpha value is -0.580. The Morgan fingerprint density at radius 3 is 1.75 bits per heavy atom. The Labute approximate surface area is 106 Å². The van der Waals surface area contributed by atoms with Gasteiger partial charge < -0.3 is 9.80 Å². The average Bonchev–Trinajstić information content (AvgIpc) is 2.29. The number of halogens is 1. The molecule has 0 N–H and O–H groups in total. The normalized spacial score (nSPS) is 15.2. The number of hydrogen-bond donors (Lipinski definition) is 0. The minimum Gasteiger partial charge on any atom is -0.339 e. The Balaban J connectivity index is 0.000000673. The lowest BCUT2D eigenvalue weighted by Crippen LogP contribution is -2.50. The van der Waals surface area contributed by atoms with Crippen LogP contribution in [0.15, 0.2) is 0 Å². The first-order valence-electron chi connectivity index (χ1n) is 5.66. The highest BCUT2D eigenvalue weighted by atomic mass is 79.9. The van der Waals surface area contributed by atoms with Crippen LogP contribution in [0.3, 0.4) is 0 Å². The second-order valence-electron chi connectivity index (χ2n) is 3.73. The molecule has 0 spiro atoms. The summed E-state index contributed by atoms with van der Waals surface area (Å²) in [5.74, 6) is 0.189. The minimum absolute atomic E-state index is 0.0888. The first-order valence-corrected chi connectivity index (χ1v) is 6.78. The van der Waals surface area contributed by atoms with Gasteiger partial charge in [-0.1, -0.05) is 36.2 Å². The third-order valence-electron chi connectivity index (χ3n) is 2.19. The van der Waals surface area contributed by atoms with Crippen molar-refractivity contribution in [3.8, 4) is 0 Å². The molecule has 0 saturated carbocycles. The summed E-state index contributed by atoms with van der Waals surface area (Å²) in [6.07, 6.45) is 1.25. The minimum atomic E-state index is 0.0888. The summed E-state index contributed by atoms with van der Waals surface area (Å²) in [7, 11) is 0. The molecule has 1 rings (SSSR count). The topological polar surface area (TPSA) is 40.6 Å². The number of hydrogen-bond acceptors (Lipinski definition) is 2. The molecule has 4 nitrogen and oxygen atoms in total. The number of carbonyl (C=O) groups excluding carboxylic acids is 2. The SMILES string of the molecule is CC(=O)N1CCN(C(=O)CBr)CC1.CCC. The first kappa shape index (κ1) is 15.4. The van der Waals surface area contributed by atoms with Crippen molar-refractivity contribution in [2.45, 2.75) is 27.2 Å². The quantitative estimate of drug-likeness (QED) is 0.687. The van der Waals surface area contributed by atoms with E-state index in [1.807, 2.05) is 0 Å². The Morgan fingerprint density at radius 2 is 1.44 bits per heavy atom. The smallest absolute Gasteiger partial charge is 0.233 e. The van der Waals surface area contributed by atoms with Crippen LogP contribution >= 0.6 is 15.9 Å². The van der Waals surface area contributed by atoms with Gasteiger partial charge in [0.2, 0.25) is 11.8 Å². The Morgan fingerprint density at radius 1 is 1.06 bits per heavy atom. The van der Waals surface area contributed by atoms with Crippen molar-refractivity contribution < 1.29 is 9.59 Å². The highest BCUT2D eigenvalue weighted by molar-refractivity contribution is 9.09. The molecular weight excluding hydrogens is 272 g/mol. The third kappa shape index (κ3) is 5.49. The van der Waals surface area contributed by atoms with Gasteiger partial charge in [-0.2, -0.15) is 0 Å². The van der Waals surface area contributed by atoms with E-state index in [0.29, 0.717) is 31.5 Å². The van der Waals surface area contributed by atoms with Crippen LogP contribution in [0.4, 0.5) is 0 Å². The molecule has 16 heavy (non-hydrogen) atoms. The molecule has 1 saturated heterocycles. The first-order chi connectivity index (χ1) is 7.56. The van der Waals surface area contributed by atoms with Gasteiger partial charge in [-0.3, -0.25) is 9.59 Å². The van der Waals surface area contributed by atoms with Crippen molar-refractivity contribution in [2.75, 3.05) is 31.5 Å². The van der Waals surface area contributed by atoms with Crippen molar-refractivity contribution in [3.05, 3.63) is 0 Å². The van der Waals surface area contributed by atoms with Crippen LogP contribution in [0.25, 0.3) is 0 Å². The van der Waals surface area contributed by atoms with E-state index in [2.05, 4.69) is 29.8 Å². The molecule has 0 aromatic carbocycles. The van der Waals surface area contributed by atoms with Gasteiger partial charge in [0.15, 0.2) is 0 Å². The largest absolute Gasteiger partial charge is 0.339 e. The monoisotopic (exact) mass is 292 g/mol. The zero-order valence-corrected chi connectivity index (χ0v) is 11.9. The maximum absolute atomic E-state index is 11.2. The van der Waals surface area contributed by atoms with E-state index in [4.69, 9.17) is 0 Å². The van der Waals surface area contributed by atoms with Gasteiger partial charge >= 0.3 is 0 Å². The molecule has 0 bridgehead atoms. The molecular formula is C11H21BrN2O2. The molecule has 0 aliphatic carbocycles. The zero-order valence-electron chi connectivity index (χ0n) is 10.3. The molecule has 1 aliphatic heterocycles. The summed E-state index contributed by atoms with van der Waals surface area (Å²) in [5, 5.41) is 0.368. The third-order valence-corrected chi connectivity index (χ3v) is 2.67. The molecule has 0 aromatic rings. The number of alkyl halides is 1. The maximum Gasteiger partial charge on any atom is 0.233 e. The molecule has 94 valence electrons. The second-order valence-corrected chi connectivity index (χ2v) is 4.29. The van der Waals surface area contributed by atoms with Crippen LogP contribution in [0, 0.1) is 0 Å². The number of piperazine rings is 1. The van der Waals surface area contributed by atoms with Gasteiger partial charge in [-0.15, -0.1) is 0 Å². The fourth-order valence-electron chi connectivity index (χ4n) is 1.36. The number of nitrogens with zero attached hydrogens (tertiary/aromatic N) is 2. The van der Waals surface area contributed by atoms with E-state index < -0.39 is 0 Å². The predicted molar refractivity (Wildman–Crippen MR) is 68.6 cm³/mol. The van der Waals surface area contributed by atoms with E-state index >= 15 is 0 Å². The lowest BCUT2D eigenvalue weighted by atomic mass is 10.3. The number of carbonyl (C=O) groups is 2. The summed E-state index contributed by atoms with van der Waals surface area (Å²) in [4.78, 5) is 25.7. The predicted octanol–water partition coefficient (Wildman–Crippen LogP) is 1.49. The Bertz CT molecular complexity index is 226. The van der Waals surface area contributed by atoms with Crippen molar-refractivity contribution >= 4 is 27.7 Å². The van der Waals surface area contributed by atoms with Gasteiger partial charge in [0, 0.05) is 33.1 Å². The van der Waals surface area contributed by atoms with Crippen LogP contribution in [0.1, 0.15) is 27.2 Å². The van der Waals surface area contributed by atoms with Crippen LogP contribution < -0.4 is 0 Å². The van der Waals surface area contributed by atoms with Crippen LogP contribution in [0.5, 0.6) is 0 Å². The van der Waals surface area contributed by atoms with Gasteiger partial charge in [0.1, 0.15) is 0 Å². The van der Waals surface area contributed by atoms with Crippen LogP contribution in [0.2, 0.25) is 0 Å². The van der Waals surface area contributed by atoms with Crippen molar-refractivity contribution in [2.24, 2.45) is 0 Å². The molecule has 2 amide bonds. The number of rotatable bonds is 1. The molecule has 0 unspecified atom stereocenters. The van der Waals surface area contributed by atoms with E-state index in [9.17, 15) is 9.59 Å². The van der Waals surface area contributed by atoms with E-state index in [0.717, 1.165) is 0 Å². The van der Waals surface area contributed by atoms with Gasteiger partial charge in [-0.05, 0) is 0 Å². The molecule has 0 radical (unpaired) electrons. The summed E-state index contributed by atoms with van der Waals surface area (Å²) in [6.45, 7) is 8.44. The maximum atomic E-state index is 11.2. The van der Waals surface area contributed by atoms with Crippen LogP contribution in [-0.2, 0) is 9.59 Å². The molecule has 1 fully saturated rings. The lowest BCUT2D eigenvalue weighted by molar-refractivity contribution is -0.136. The lowest BCUT2D eigenvalue weighted by Gasteiger charge is -2.33. The molecule has 1 aliphatic rings. The van der Waals surface area contributed by atoms with E-state index in [-0.39, 0.29) is 11.8 Å². The average molecular weight is 293 g/mol. The summed E-state index contributed by atoms with van der Waals surface area (Å²) < 4.78 is 0. The summed E-state index contributed by atoms with van der Waals surface area (Å²) in [5.41, 5.74) is 0. The Kier molecular flexibility index (Phi) is 8.25.